The summed E-state index contributed by atoms with van der Waals surface area (Å²) in [5, 5.41) is 2.58. The molecule has 0 saturated heterocycles. The molecule has 0 aliphatic rings. The van der Waals surface area contributed by atoms with Crippen LogP contribution in [0.15, 0.2) is 22.7 Å². The monoisotopic (exact) mass is 443 g/mol. The van der Waals surface area contributed by atoms with Crippen LogP contribution in [0.25, 0.3) is 0 Å². The summed E-state index contributed by atoms with van der Waals surface area (Å²) in [5.41, 5.74) is 6.48. The summed E-state index contributed by atoms with van der Waals surface area (Å²) < 4.78 is 10.6. The lowest BCUT2D eigenvalue weighted by atomic mass is 10.0. The Kier molecular flexibility index (Phi) is 8.71. The quantitative estimate of drug-likeness (QED) is 0.576. The SMILES string of the molecule is COC(=O)[C@H](C)NC(=O)[C@H](Cc1ccc(OC)c(Br)c1)N(C)C(=O)[C@H](C)N. The van der Waals surface area contributed by atoms with Crippen molar-refractivity contribution in [1.82, 2.24) is 10.2 Å². The van der Waals surface area contributed by atoms with E-state index in [4.69, 9.17) is 10.5 Å². The summed E-state index contributed by atoms with van der Waals surface area (Å²) in [4.78, 5) is 38.0. The van der Waals surface area contributed by atoms with Gasteiger partial charge in [-0.3, -0.25) is 9.59 Å². The molecular weight excluding hydrogens is 418 g/mol. The van der Waals surface area contributed by atoms with E-state index >= 15 is 0 Å². The number of methoxy groups -OCH3 is 2. The van der Waals surface area contributed by atoms with Gasteiger partial charge in [0, 0.05) is 13.5 Å². The highest BCUT2D eigenvalue weighted by Gasteiger charge is 2.30. The van der Waals surface area contributed by atoms with Crippen molar-refractivity contribution in [1.29, 1.82) is 0 Å². The van der Waals surface area contributed by atoms with Gasteiger partial charge in [0.05, 0.1) is 24.7 Å². The molecule has 3 atom stereocenters. The summed E-state index contributed by atoms with van der Waals surface area (Å²) in [7, 11) is 4.31. The number of hydrogen-bond acceptors (Lipinski definition) is 6. The van der Waals surface area contributed by atoms with E-state index in [1.807, 2.05) is 6.07 Å². The van der Waals surface area contributed by atoms with Gasteiger partial charge in [-0.15, -0.1) is 0 Å². The number of carbonyl (C=O) groups is 3. The Morgan fingerprint density at radius 2 is 1.89 bits per heavy atom. The summed E-state index contributed by atoms with van der Waals surface area (Å²) in [6, 6.07) is 2.93. The number of ether oxygens (including phenoxy) is 2. The molecule has 1 rings (SSSR count). The number of carbonyl (C=O) groups excluding carboxylic acids is 3. The third-order valence-electron chi connectivity index (χ3n) is 4.07. The summed E-state index contributed by atoms with van der Waals surface area (Å²) in [5.74, 6) is -0.778. The van der Waals surface area contributed by atoms with Crippen LogP contribution in [0.2, 0.25) is 0 Å². The summed E-state index contributed by atoms with van der Waals surface area (Å²) >= 11 is 3.40. The minimum Gasteiger partial charge on any atom is -0.496 e. The summed E-state index contributed by atoms with van der Waals surface area (Å²) in [6.07, 6.45) is 0.233. The lowest BCUT2D eigenvalue weighted by Crippen LogP contribution is -2.55. The molecule has 0 heterocycles. The molecule has 0 bridgehead atoms. The first kappa shape index (κ1) is 22.9. The third-order valence-corrected chi connectivity index (χ3v) is 4.69. The smallest absolute Gasteiger partial charge is 0.328 e. The topological polar surface area (TPSA) is 111 Å². The maximum atomic E-state index is 12.8. The fraction of sp³-hybridized carbons (Fsp3) is 0.500. The molecule has 0 fully saturated rings. The van der Waals surface area contributed by atoms with Crippen molar-refractivity contribution in [3.63, 3.8) is 0 Å². The molecule has 0 aromatic heterocycles. The Morgan fingerprint density at radius 1 is 1.26 bits per heavy atom. The van der Waals surface area contributed by atoms with Crippen LogP contribution in [-0.4, -0.2) is 62.1 Å². The van der Waals surface area contributed by atoms with E-state index in [0.29, 0.717) is 5.75 Å². The number of nitrogens with zero attached hydrogens (tertiary/aromatic N) is 1. The normalized spacial score (nSPS) is 13.9. The number of likely N-dealkylation sites (N-methyl/N-ethyl adjacent to an activating group) is 1. The van der Waals surface area contributed by atoms with Gasteiger partial charge in [-0.1, -0.05) is 6.07 Å². The maximum absolute atomic E-state index is 12.8. The number of amides is 2. The molecule has 0 radical (unpaired) electrons. The van der Waals surface area contributed by atoms with E-state index in [1.165, 1.54) is 26.0 Å². The highest BCUT2D eigenvalue weighted by molar-refractivity contribution is 9.10. The Labute approximate surface area is 167 Å². The van der Waals surface area contributed by atoms with Crippen LogP contribution in [0, 0.1) is 0 Å². The molecular formula is C18H26BrN3O5. The van der Waals surface area contributed by atoms with E-state index in [9.17, 15) is 14.4 Å². The van der Waals surface area contributed by atoms with Crippen LogP contribution in [-0.2, 0) is 25.5 Å². The first-order valence-electron chi connectivity index (χ1n) is 8.35. The standard InChI is InChI=1S/C18H26BrN3O5/c1-10(20)17(24)22(3)14(16(23)21-11(2)18(25)27-5)9-12-6-7-15(26-4)13(19)8-12/h6-8,10-11,14H,9,20H2,1-5H3,(H,21,23)/t10-,11-,14-/m0/s1. The van der Waals surface area contributed by atoms with Crippen LogP contribution in [0.3, 0.4) is 0 Å². The molecule has 27 heavy (non-hydrogen) atoms. The molecule has 8 nitrogen and oxygen atoms in total. The number of rotatable bonds is 8. The molecule has 1 aromatic rings. The predicted molar refractivity (Wildman–Crippen MR) is 104 cm³/mol. The Balaban J connectivity index is 3.10. The van der Waals surface area contributed by atoms with Crippen molar-refractivity contribution >= 4 is 33.7 Å². The fourth-order valence-corrected chi connectivity index (χ4v) is 3.07. The van der Waals surface area contributed by atoms with Crippen molar-refractivity contribution in [2.45, 2.75) is 38.4 Å². The number of nitrogens with one attached hydrogen (secondary N) is 1. The largest absolute Gasteiger partial charge is 0.496 e. The first-order valence-corrected chi connectivity index (χ1v) is 9.14. The van der Waals surface area contributed by atoms with Crippen LogP contribution in [0.5, 0.6) is 5.75 Å². The highest BCUT2D eigenvalue weighted by Crippen LogP contribution is 2.26. The van der Waals surface area contributed by atoms with Crippen LogP contribution < -0.4 is 15.8 Å². The molecule has 0 spiro atoms. The molecule has 0 aliphatic heterocycles. The third kappa shape index (κ3) is 6.21. The van der Waals surface area contributed by atoms with Gasteiger partial charge in [-0.25, -0.2) is 4.79 Å². The predicted octanol–water partition coefficient (Wildman–Crippen LogP) is 0.852. The molecule has 2 amide bonds. The van der Waals surface area contributed by atoms with Gasteiger partial charge < -0.3 is 25.4 Å². The lowest BCUT2D eigenvalue weighted by Gasteiger charge is -2.29. The van der Waals surface area contributed by atoms with E-state index < -0.39 is 30.0 Å². The average molecular weight is 444 g/mol. The molecule has 0 unspecified atom stereocenters. The molecule has 150 valence electrons. The van der Waals surface area contributed by atoms with Crippen LogP contribution in [0.4, 0.5) is 0 Å². The maximum Gasteiger partial charge on any atom is 0.328 e. The summed E-state index contributed by atoms with van der Waals surface area (Å²) in [6.45, 7) is 3.06. The zero-order valence-corrected chi connectivity index (χ0v) is 17.7. The first-order chi connectivity index (χ1) is 12.6. The number of hydrogen-bond donors (Lipinski definition) is 2. The zero-order valence-electron chi connectivity index (χ0n) is 16.1. The van der Waals surface area contributed by atoms with Crippen molar-refractivity contribution in [3.05, 3.63) is 28.2 Å². The Bertz CT molecular complexity index is 696. The van der Waals surface area contributed by atoms with Crippen molar-refractivity contribution in [3.8, 4) is 5.75 Å². The van der Waals surface area contributed by atoms with Crippen molar-refractivity contribution in [2.75, 3.05) is 21.3 Å². The van der Waals surface area contributed by atoms with E-state index in [-0.39, 0.29) is 12.3 Å². The number of nitrogens with two attached hydrogens (primary N) is 1. The van der Waals surface area contributed by atoms with Gasteiger partial charge in [0.25, 0.3) is 0 Å². The number of benzene rings is 1. The number of halogens is 1. The molecule has 9 heteroatoms. The second-order valence-corrected chi connectivity index (χ2v) is 7.03. The van der Waals surface area contributed by atoms with Gasteiger partial charge in [0.1, 0.15) is 17.8 Å². The van der Waals surface area contributed by atoms with Crippen molar-refractivity contribution < 1.29 is 23.9 Å². The molecule has 1 aromatic carbocycles. The number of esters is 1. The molecule has 0 aliphatic carbocycles. The van der Waals surface area contributed by atoms with Crippen LogP contribution >= 0.6 is 15.9 Å². The average Bonchev–Trinajstić information content (AvgIpc) is 2.63. The zero-order chi connectivity index (χ0) is 20.7. The van der Waals surface area contributed by atoms with Crippen molar-refractivity contribution in [2.24, 2.45) is 5.73 Å². The fourth-order valence-electron chi connectivity index (χ4n) is 2.49. The van der Waals surface area contributed by atoms with E-state index in [1.54, 1.807) is 26.2 Å². The lowest BCUT2D eigenvalue weighted by molar-refractivity contribution is -0.146. The Hall–Kier alpha value is -2.13. The molecule has 3 N–H and O–H groups in total. The van der Waals surface area contributed by atoms with Gasteiger partial charge >= 0.3 is 5.97 Å². The van der Waals surface area contributed by atoms with Gasteiger partial charge in [-0.05, 0) is 47.5 Å². The van der Waals surface area contributed by atoms with E-state index in [2.05, 4.69) is 26.0 Å². The van der Waals surface area contributed by atoms with Gasteiger partial charge in [0.15, 0.2) is 0 Å². The second-order valence-electron chi connectivity index (χ2n) is 6.18. The van der Waals surface area contributed by atoms with Gasteiger partial charge in [0.2, 0.25) is 11.8 Å². The minimum absolute atomic E-state index is 0.233. The minimum atomic E-state index is -0.851. The highest BCUT2D eigenvalue weighted by atomic mass is 79.9. The van der Waals surface area contributed by atoms with E-state index in [0.717, 1.165) is 10.0 Å². The molecule has 0 saturated carbocycles. The van der Waals surface area contributed by atoms with Crippen LogP contribution in [0.1, 0.15) is 19.4 Å². The van der Waals surface area contributed by atoms with Gasteiger partial charge in [-0.2, -0.15) is 0 Å². The second kappa shape index (κ2) is 10.3. The Morgan fingerprint density at radius 3 is 2.37 bits per heavy atom.